The summed E-state index contributed by atoms with van der Waals surface area (Å²) in [6, 6.07) is 3.72. The lowest BCUT2D eigenvalue weighted by molar-refractivity contribution is -0.122. The van der Waals surface area contributed by atoms with Crippen molar-refractivity contribution >= 4 is 28.4 Å². The second kappa shape index (κ2) is 8.73. The molecule has 9 heteroatoms. The van der Waals surface area contributed by atoms with Gasteiger partial charge >= 0.3 is 0 Å². The number of aryl methyl sites for hydroxylation is 1. The molecule has 1 amide bonds. The molecule has 0 fully saturated rings. The molecule has 2 heterocycles. The van der Waals surface area contributed by atoms with Gasteiger partial charge in [-0.05, 0) is 40.5 Å². The molecule has 0 radical (unpaired) electrons. The Hall–Kier alpha value is -3.10. The van der Waals surface area contributed by atoms with E-state index in [2.05, 4.69) is 20.8 Å². The fraction of sp³-hybridized carbons (Fsp3) is 0.524. The van der Waals surface area contributed by atoms with Crippen LogP contribution in [-0.2, 0) is 4.79 Å². The van der Waals surface area contributed by atoms with Crippen LogP contribution in [0, 0.1) is 6.92 Å². The summed E-state index contributed by atoms with van der Waals surface area (Å²) in [4.78, 5) is 16.7. The molecular weight excluding hydrogens is 384 g/mol. The Labute approximate surface area is 176 Å². The van der Waals surface area contributed by atoms with Gasteiger partial charge in [-0.2, -0.15) is 0 Å². The van der Waals surface area contributed by atoms with E-state index in [1.165, 1.54) is 0 Å². The van der Waals surface area contributed by atoms with Gasteiger partial charge in [0.25, 0.3) is 0 Å². The van der Waals surface area contributed by atoms with Gasteiger partial charge in [0.15, 0.2) is 17.3 Å². The largest absolute Gasteiger partial charge is 0.493 e. The monoisotopic (exact) mass is 414 g/mol. The summed E-state index contributed by atoms with van der Waals surface area (Å²) in [5.74, 6) is 2.71. The number of carbonyl (C=O) groups is 1. The van der Waals surface area contributed by atoms with Crippen molar-refractivity contribution in [3.05, 3.63) is 18.0 Å². The van der Waals surface area contributed by atoms with Crippen molar-refractivity contribution in [2.75, 3.05) is 26.1 Å². The standard InChI is InChI=1S/C21H30N6O3/c1-13-25-26-20-19(22-10-8-7-9-18(28)24-21(2,3)4)23-14-11-16(29-5)17(30-6)12-15(14)27(13)20/h11-12H,7-10H2,1-6H3,(H,22,23)(H,24,28). The van der Waals surface area contributed by atoms with Gasteiger partial charge in [0.1, 0.15) is 5.82 Å². The number of fused-ring (bicyclic) bond motifs is 3. The van der Waals surface area contributed by atoms with Crippen molar-refractivity contribution in [3.63, 3.8) is 0 Å². The maximum Gasteiger partial charge on any atom is 0.220 e. The number of nitrogens with one attached hydrogen (secondary N) is 2. The minimum Gasteiger partial charge on any atom is -0.493 e. The third kappa shape index (κ3) is 4.72. The Morgan fingerprint density at radius 1 is 1.10 bits per heavy atom. The number of ether oxygens (including phenoxy) is 2. The fourth-order valence-corrected chi connectivity index (χ4v) is 3.32. The number of hydrogen-bond acceptors (Lipinski definition) is 7. The predicted octanol–water partition coefficient (Wildman–Crippen LogP) is 3.10. The van der Waals surface area contributed by atoms with Gasteiger partial charge in [-0.15, -0.1) is 10.2 Å². The Balaban J connectivity index is 1.76. The molecule has 2 aromatic heterocycles. The van der Waals surface area contributed by atoms with E-state index in [1.54, 1.807) is 14.2 Å². The van der Waals surface area contributed by atoms with Gasteiger partial charge in [0.2, 0.25) is 11.6 Å². The second-order valence-corrected chi connectivity index (χ2v) is 8.24. The van der Waals surface area contributed by atoms with E-state index in [-0.39, 0.29) is 11.4 Å². The number of anilines is 1. The molecule has 0 saturated carbocycles. The van der Waals surface area contributed by atoms with Crippen LogP contribution in [0.2, 0.25) is 0 Å². The van der Waals surface area contributed by atoms with Crippen LogP contribution in [0.3, 0.4) is 0 Å². The quantitative estimate of drug-likeness (QED) is 0.546. The lowest BCUT2D eigenvalue weighted by atomic mass is 10.1. The van der Waals surface area contributed by atoms with Crippen molar-refractivity contribution < 1.29 is 14.3 Å². The van der Waals surface area contributed by atoms with Gasteiger partial charge in [0, 0.05) is 30.6 Å². The third-order valence-corrected chi connectivity index (χ3v) is 4.63. The molecule has 1 aromatic carbocycles. The SMILES string of the molecule is COc1cc2nc(NCCCCC(=O)NC(C)(C)C)c3nnc(C)n3c2cc1OC. The maximum atomic E-state index is 11.9. The van der Waals surface area contributed by atoms with Gasteiger partial charge in [-0.3, -0.25) is 9.20 Å². The van der Waals surface area contributed by atoms with Crippen molar-refractivity contribution in [3.8, 4) is 11.5 Å². The number of benzene rings is 1. The highest BCUT2D eigenvalue weighted by molar-refractivity contribution is 5.85. The molecule has 0 aliphatic heterocycles. The van der Waals surface area contributed by atoms with Crippen LogP contribution in [0.15, 0.2) is 12.1 Å². The number of carbonyl (C=O) groups excluding carboxylic acids is 1. The number of hydrogen-bond donors (Lipinski definition) is 2. The molecule has 0 aliphatic rings. The van der Waals surface area contributed by atoms with Crippen LogP contribution in [0.4, 0.5) is 5.82 Å². The number of rotatable bonds is 8. The van der Waals surface area contributed by atoms with E-state index in [0.29, 0.717) is 35.9 Å². The van der Waals surface area contributed by atoms with Crippen LogP contribution in [0.25, 0.3) is 16.7 Å². The van der Waals surface area contributed by atoms with Crippen LogP contribution >= 0.6 is 0 Å². The summed E-state index contributed by atoms with van der Waals surface area (Å²) in [7, 11) is 3.20. The van der Waals surface area contributed by atoms with E-state index in [1.807, 2.05) is 44.2 Å². The summed E-state index contributed by atoms with van der Waals surface area (Å²) in [5, 5.41) is 14.8. The first kappa shape index (κ1) is 21.6. The normalized spacial score (nSPS) is 11.7. The van der Waals surface area contributed by atoms with Crippen LogP contribution in [0.1, 0.15) is 45.9 Å². The number of amides is 1. The van der Waals surface area contributed by atoms with Crippen LogP contribution in [-0.4, -0.2) is 51.8 Å². The summed E-state index contributed by atoms with van der Waals surface area (Å²) in [5.41, 5.74) is 2.04. The molecule has 0 saturated heterocycles. The molecule has 0 aliphatic carbocycles. The Kier molecular flexibility index (Phi) is 6.28. The highest BCUT2D eigenvalue weighted by Crippen LogP contribution is 2.33. The molecule has 0 atom stereocenters. The molecule has 0 bridgehead atoms. The first-order valence-electron chi connectivity index (χ1n) is 10.1. The Morgan fingerprint density at radius 2 is 1.80 bits per heavy atom. The van der Waals surface area contributed by atoms with Gasteiger partial charge in [0.05, 0.1) is 25.3 Å². The minimum absolute atomic E-state index is 0.0721. The smallest absolute Gasteiger partial charge is 0.220 e. The van der Waals surface area contributed by atoms with E-state index in [4.69, 9.17) is 14.5 Å². The third-order valence-electron chi connectivity index (χ3n) is 4.63. The Bertz CT molecular complexity index is 1050. The average Bonchev–Trinajstić information content (AvgIpc) is 3.07. The molecule has 9 nitrogen and oxygen atoms in total. The molecule has 162 valence electrons. The molecule has 0 spiro atoms. The summed E-state index contributed by atoms with van der Waals surface area (Å²) in [6.45, 7) is 8.51. The topological polar surface area (TPSA) is 103 Å². The number of methoxy groups -OCH3 is 2. The van der Waals surface area contributed by atoms with E-state index >= 15 is 0 Å². The zero-order valence-corrected chi connectivity index (χ0v) is 18.5. The molecule has 30 heavy (non-hydrogen) atoms. The summed E-state index contributed by atoms with van der Waals surface area (Å²) >= 11 is 0. The first-order valence-corrected chi connectivity index (χ1v) is 10.1. The lowest BCUT2D eigenvalue weighted by Gasteiger charge is -2.20. The number of aromatic nitrogens is 4. The molecule has 0 unspecified atom stereocenters. The van der Waals surface area contributed by atoms with Crippen LogP contribution < -0.4 is 20.1 Å². The summed E-state index contributed by atoms with van der Waals surface area (Å²) < 4.78 is 12.8. The number of nitrogens with zero attached hydrogens (tertiary/aromatic N) is 4. The zero-order valence-electron chi connectivity index (χ0n) is 18.5. The van der Waals surface area contributed by atoms with Crippen molar-refractivity contribution in [2.24, 2.45) is 0 Å². The van der Waals surface area contributed by atoms with E-state index < -0.39 is 0 Å². The van der Waals surface area contributed by atoms with E-state index in [0.717, 1.165) is 29.7 Å². The molecule has 3 aromatic rings. The molecular formula is C21H30N6O3. The highest BCUT2D eigenvalue weighted by Gasteiger charge is 2.16. The maximum absolute atomic E-state index is 11.9. The first-order chi connectivity index (χ1) is 14.2. The predicted molar refractivity (Wildman–Crippen MR) is 116 cm³/mol. The number of unbranched alkanes of at least 4 members (excludes halogenated alkanes) is 1. The van der Waals surface area contributed by atoms with Gasteiger partial charge in [-0.25, -0.2) is 4.98 Å². The van der Waals surface area contributed by atoms with Crippen molar-refractivity contribution in [2.45, 2.75) is 52.5 Å². The fourth-order valence-electron chi connectivity index (χ4n) is 3.32. The molecule has 2 N–H and O–H groups in total. The highest BCUT2D eigenvalue weighted by atomic mass is 16.5. The van der Waals surface area contributed by atoms with Crippen molar-refractivity contribution in [1.29, 1.82) is 0 Å². The lowest BCUT2D eigenvalue weighted by Crippen LogP contribution is -2.40. The van der Waals surface area contributed by atoms with Crippen LogP contribution in [0.5, 0.6) is 11.5 Å². The zero-order chi connectivity index (χ0) is 21.9. The van der Waals surface area contributed by atoms with Gasteiger partial charge in [-0.1, -0.05) is 0 Å². The van der Waals surface area contributed by atoms with E-state index in [9.17, 15) is 4.79 Å². The summed E-state index contributed by atoms with van der Waals surface area (Å²) in [6.07, 6.45) is 2.12. The minimum atomic E-state index is -0.203. The van der Waals surface area contributed by atoms with Gasteiger partial charge < -0.3 is 20.1 Å². The van der Waals surface area contributed by atoms with Crippen molar-refractivity contribution in [1.82, 2.24) is 24.9 Å². The average molecular weight is 415 g/mol. The second-order valence-electron chi connectivity index (χ2n) is 8.24. The molecule has 3 rings (SSSR count). The Morgan fingerprint density at radius 3 is 2.47 bits per heavy atom.